The number of aromatic nitrogens is 2. The second kappa shape index (κ2) is 6.08. The molecule has 2 rings (SSSR count). The SMILES string of the molecule is CCn1ccnc1COc1ccc([C@@H](C)O)cc1Cl. The number of benzene rings is 1. The summed E-state index contributed by atoms with van der Waals surface area (Å²) in [6, 6.07) is 5.29. The number of halogens is 1. The molecule has 0 unspecified atom stereocenters. The number of aliphatic hydroxyl groups is 1. The predicted octanol–water partition coefficient (Wildman–Crippen LogP) is 3.19. The van der Waals surface area contributed by atoms with Crippen LogP contribution in [0.15, 0.2) is 30.6 Å². The molecule has 0 saturated carbocycles. The van der Waals surface area contributed by atoms with E-state index in [1.165, 1.54) is 0 Å². The molecule has 0 bridgehead atoms. The van der Waals surface area contributed by atoms with Gasteiger partial charge in [0.2, 0.25) is 0 Å². The van der Waals surface area contributed by atoms with Gasteiger partial charge < -0.3 is 14.4 Å². The molecule has 0 amide bonds. The number of nitrogens with zero attached hydrogens (tertiary/aromatic N) is 2. The Kier molecular flexibility index (Phi) is 4.45. The van der Waals surface area contributed by atoms with Gasteiger partial charge in [0, 0.05) is 18.9 Å². The van der Waals surface area contributed by atoms with Crippen LogP contribution in [-0.4, -0.2) is 14.7 Å². The molecule has 1 heterocycles. The van der Waals surface area contributed by atoms with Gasteiger partial charge in [0.05, 0.1) is 11.1 Å². The van der Waals surface area contributed by atoms with Gasteiger partial charge in [-0.15, -0.1) is 0 Å². The maximum absolute atomic E-state index is 9.47. The first-order chi connectivity index (χ1) is 9.11. The maximum Gasteiger partial charge on any atom is 0.146 e. The topological polar surface area (TPSA) is 47.3 Å². The van der Waals surface area contributed by atoms with Crippen LogP contribution >= 0.6 is 11.6 Å². The quantitative estimate of drug-likeness (QED) is 0.915. The van der Waals surface area contributed by atoms with Crippen molar-refractivity contribution in [2.24, 2.45) is 0 Å². The van der Waals surface area contributed by atoms with Crippen LogP contribution < -0.4 is 4.74 Å². The normalized spacial score (nSPS) is 12.4. The number of aliphatic hydroxyl groups excluding tert-OH is 1. The summed E-state index contributed by atoms with van der Waals surface area (Å²) >= 11 is 6.12. The molecule has 1 atom stereocenters. The number of aryl methyl sites for hydroxylation is 1. The zero-order chi connectivity index (χ0) is 13.8. The Morgan fingerprint density at radius 2 is 2.26 bits per heavy atom. The van der Waals surface area contributed by atoms with Gasteiger partial charge in [-0.3, -0.25) is 0 Å². The average molecular weight is 281 g/mol. The Hall–Kier alpha value is -1.52. The first kappa shape index (κ1) is 13.9. The van der Waals surface area contributed by atoms with Gasteiger partial charge in [-0.25, -0.2) is 4.98 Å². The molecule has 102 valence electrons. The molecule has 19 heavy (non-hydrogen) atoms. The smallest absolute Gasteiger partial charge is 0.146 e. The van der Waals surface area contributed by atoms with Gasteiger partial charge in [-0.1, -0.05) is 17.7 Å². The molecule has 0 spiro atoms. The number of rotatable bonds is 5. The fourth-order valence-electron chi connectivity index (χ4n) is 1.80. The Morgan fingerprint density at radius 3 is 2.89 bits per heavy atom. The lowest BCUT2D eigenvalue weighted by Crippen LogP contribution is -2.05. The summed E-state index contributed by atoms with van der Waals surface area (Å²) in [6.45, 7) is 4.97. The van der Waals surface area contributed by atoms with Gasteiger partial charge in [-0.05, 0) is 31.5 Å². The lowest BCUT2D eigenvalue weighted by molar-refractivity contribution is 0.199. The van der Waals surface area contributed by atoms with Crippen LogP contribution in [0.25, 0.3) is 0 Å². The average Bonchev–Trinajstić information content (AvgIpc) is 2.84. The van der Waals surface area contributed by atoms with Gasteiger partial charge in [0.15, 0.2) is 0 Å². The largest absolute Gasteiger partial charge is 0.484 e. The number of imidazole rings is 1. The van der Waals surface area contributed by atoms with E-state index >= 15 is 0 Å². The highest BCUT2D eigenvalue weighted by molar-refractivity contribution is 6.32. The molecule has 1 aromatic heterocycles. The number of hydrogen-bond donors (Lipinski definition) is 1. The molecule has 0 aliphatic rings. The molecule has 0 aliphatic heterocycles. The standard InChI is InChI=1S/C14H17ClN2O2/c1-3-17-7-6-16-14(17)9-19-13-5-4-11(10(2)18)8-12(13)15/h4-8,10,18H,3,9H2,1-2H3/t10-/m1/s1. The van der Waals surface area contributed by atoms with Crippen molar-refractivity contribution in [3.8, 4) is 5.75 Å². The fourth-order valence-corrected chi connectivity index (χ4v) is 2.05. The van der Waals surface area contributed by atoms with Crippen LogP contribution in [0.5, 0.6) is 5.75 Å². The fraction of sp³-hybridized carbons (Fsp3) is 0.357. The minimum absolute atomic E-state index is 0.370. The first-order valence-corrected chi connectivity index (χ1v) is 6.60. The molecular formula is C14H17ClN2O2. The minimum Gasteiger partial charge on any atom is -0.484 e. The van der Waals surface area contributed by atoms with Gasteiger partial charge in [0.25, 0.3) is 0 Å². The van der Waals surface area contributed by atoms with E-state index in [-0.39, 0.29) is 0 Å². The van der Waals surface area contributed by atoms with Gasteiger partial charge >= 0.3 is 0 Å². The lowest BCUT2D eigenvalue weighted by atomic mass is 10.1. The summed E-state index contributed by atoms with van der Waals surface area (Å²) in [5, 5.41) is 9.97. The molecular weight excluding hydrogens is 264 g/mol. The third-order valence-corrected chi connectivity index (χ3v) is 3.23. The summed E-state index contributed by atoms with van der Waals surface area (Å²) in [7, 11) is 0. The maximum atomic E-state index is 9.47. The molecule has 5 heteroatoms. The van der Waals surface area contributed by atoms with Crippen molar-refractivity contribution in [2.45, 2.75) is 33.1 Å². The van der Waals surface area contributed by atoms with E-state index < -0.39 is 6.10 Å². The third kappa shape index (κ3) is 3.28. The second-order valence-electron chi connectivity index (χ2n) is 4.28. The summed E-state index contributed by atoms with van der Waals surface area (Å²) in [6.07, 6.45) is 3.13. The van der Waals surface area contributed by atoms with Crippen molar-refractivity contribution in [3.05, 3.63) is 47.0 Å². The summed E-state index contributed by atoms with van der Waals surface area (Å²) in [4.78, 5) is 4.23. The Labute approximate surface area is 117 Å². The molecule has 0 aliphatic carbocycles. The van der Waals surface area contributed by atoms with Crippen molar-refractivity contribution in [1.82, 2.24) is 9.55 Å². The van der Waals surface area contributed by atoms with E-state index in [0.717, 1.165) is 17.9 Å². The molecule has 1 N–H and O–H groups in total. The summed E-state index contributed by atoms with van der Waals surface area (Å²) in [5.74, 6) is 1.45. The molecule has 0 radical (unpaired) electrons. The van der Waals surface area contributed by atoms with Crippen LogP contribution in [-0.2, 0) is 13.2 Å². The summed E-state index contributed by atoms with van der Waals surface area (Å²) < 4.78 is 7.67. The molecule has 2 aromatic rings. The molecule has 0 saturated heterocycles. The highest BCUT2D eigenvalue weighted by Gasteiger charge is 2.08. The Balaban J connectivity index is 2.08. The molecule has 4 nitrogen and oxygen atoms in total. The highest BCUT2D eigenvalue weighted by Crippen LogP contribution is 2.28. The monoisotopic (exact) mass is 280 g/mol. The van der Waals surface area contributed by atoms with Crippen LogP contribution in [0.2, 0.25) is 5.02 Å². The van der Waals surface area contributed by atoms with Crippen LogP contribution in [0.1, 0.15) is 31.3 Å². The predicted molar refractivity (Wildman–Crippen MR) is 74.3 cm³/mol. The van der Waals surface area contributed by atoms with E-state index in [0.29, 0.717) is 17.4 Å². The highest BCUT2D eigenvalue weighted by atomic mass is 35.5. The van der Waals surface area contributed by atoms with Crippen LogP contribution in [0.4, 0.5) is 0 Å². The van der Waals surface area contributed by atoms with Crippen molar-refractivity contribution in [2.75, 3.05) is 0 Å². The molecule has 1 aromatic carbocycles. The van der Waals surface area contributed by atoms with E-state index in [9.17, 15) is 5.11 Å². The zero-order valence-corrected chi connectivity index (χ0v) is 11.8. The van der Waals surface area contributed by atoms with Gasteiger partial charge in [-0.2, -0.15) is 0 Å². The van der Waals surface area contributed by atoms with Crippen molar-refractivity contribution < 1.29 is 9.84 Å². The number of ether oxygens (including phenoxy) is 1. The third-order valence-electron chi connectivity index (χ3n) is 2.94. The van der Waals surface area contributed by atoms with Crippen LogP contribution in [0.3, 0.4) is 0 Å². The van der Waals surface area contributed by atoms with Crippen molar-refractivity contribution in [1.29, 1.82) is 0 Å². The lowest BCUT2D eigenvalue weighted by Gasteiger charge is -2.11. The van der Waals surface area contributed by atoms with E-state index in [4.69, 9.17) is 16.3 Å². The van der Waals surface area contributed by atoms with Crippen LogP contribution in [0, 0.1) is 0 Å². The number of hydrogen-bond acceptors (Lipinski definition) is 3. The Morgan fingerprint density at radius 1 is 1.47 bits per heavy atom. The van der Waals surface area contributed by atoms with E-state index in [1.54, 1.807) is 31.3 Å². The molecule has 0 fully saturated rings. The van der Waals surface area contributed by atoms with Gasteiger partial charge in [0.1, 0.15) is 18.2 Å². The Bertz CT molecular complexity index is 552. The van der Waals surface area contributed by atoms with E-state index in [2.05, 4.69) is 11.9 Å². The van der Waals surface area contributed by atoms with Crippen molar-refractivity contribution >= 4 is 11.6 Å². The van der Waals surface area contributed by atoms with Crippen molar-refractivity contribution in [3.63, 3.8) is 0 Å². The van der Waals surface area contributed by atoms with E-state index in [1.807, 2.05) is 10.8 Å². The minimum atomic E-state index is -0.537. The zero-order valence-electron chi connectivity index (χ0n) is 11.0. The first-order valence-electron chi connectivity index (χ1n) is 6.22. The second-order valence-corrected chi connectivity index (χ2v) is 4.69. The summed E-state index contributed by atoms with van der Waals surface area (Å²) in [5.41, 5.74) is 0.771.